The van der Waals surface area contributed by atoms with Crippen molar-refractivity contribution < 1.29 is 4.79 Å². The number of aryl methyl sites for hydroxylation is 3. The highest BCUT2D eigenvalue weighted by atomic mass is 32.1. The number of aromatic nitrogens is 5. The minimum absolute atomic E-state index is 0.0736. The Bertz CT molecular complexity index is 895. The molecule has 1 amide bonds. The van der Waals surface area contributed by atoms with Gasteiger partial charge in [0.1, 0.15) is 0 Å². The molecular weight excluding hydrogens is 348 g/mol. The molecule has 0 aromatic carbocycles. The lowest BCUT2D eigenvalue weighted by Gasteiger charge is -2.13. The van der Waals surface area contributed by atoms with Crippen LogP contribution >= 0.6 is 11.3 Å². The number of rotatable bonds is 6. The Kier molecular flexibility index (Phi) is 4.83. The number of hydrogen-bond donors (Lipinski definition) is 2. The van der Waals surface area contributed by atoms with Gasteiger partial charge in [-0.25, -0.2) is 14.6 Å². The molecule has 3 heterocycles. The molecule has 3 aromatic heterocycles. The van der Waals surface area contributed by atoms with Crippen LogP contribution < -0.4 is 5.32 Å². The fraction of sp³-hybridized carbons (Fsp3) is 0.444. The Morgan fingerprint density at radius 3 is 3.08 bits per heavy atom. The number of carbonyl (C=O) groups excluding carboxylic acids is 1. The van der Waals surface area contributed by atoms with Gasteiger partial charge in [0.2, 0.25) is 5.91 Å². The largest absolute Gasteiger partial charge is 0.359 e. The van der Waals surface area contributed by atoms with Crippen LogP contribution in [0.15, 0.2) is 17.9 Å². The molecule has 0 bridgehead atoms. The highest BCUT2D eigenvalue weighted by Gasteiger charge is 2.22. The number of H-pyrrole nitrogens is 1. The summed E-state index contributed by atoms with van der Waals surface area (Å²) in [7, 11) is 1.63. The highest BCUT2D eigenvalue weighted by molar-refractivity contribution is 7.13. The van der Waals surface area contributed by atoms with Crippen LogP contribution in [0.2, 0.25) is 0 Å². The molecule has 2 N–H and O–H groups in total. The van der Waals surface area contributed by atoms with Crippen LogP contribution in [0.1, 0.15) is 35.5 Å². The van der Waals surface area contributed by atoms with Crippen molar-refractivity contribution in [1.82, 2.24) is 30.0 Å². The predicted octanol–water partition coefficient (Wildman–Crippen LogP) is 2.14. The first-order valence-electron chi connectivity index (χ1n) is 8.95. The third kappa shape index (κ3) is 3.41. The van der Waals surface area contributed by atoms with Gasteiger partial charge in [0.05, 0.1) is 17.6 Å². The fourth-order valence-corrected chi connectivity index (χ4v) is 4.53. The van der Waals surface area contributed by atoms with Gasteiger partial charge in [-0.1, -0.05) is 0 Å². The minimum Gasteiger partial charge on any atom is -0.359 e. The SMILES string of the molecule is CNC(=O)Cc1nc(-c2scc3c2CCCC3)n(CCc2cnc[nH]2)n1. The Labute approximate surface area is 155 Å². The van der Waals surface area contributed by atoms with Crippen LogP contribution in [0.25, 0.3) is 10.7 Å². The molecule has 26 heavy (non-hydrogen) atoms. The van der Waals surface area contributed by atoms with Crippen molar-refractivity contribution in [2.75, 3.05) is 7.05 Å². The Morgan fingerprint density at radius 1 is 1.38 bits per heavy atom. The molecule has 0 atom stereocenters. The zero-order valence-corrected chi connectivity index (χ0v) is 15.6. The normalized spacial score (nSPS) is 13.6. The third-order valence-corrected chi connectivity index (χ3v) is 5.83. The number of thiophene rings is 1. The monoisotopic (exact) mass is 370 g/mol. The van der Waals surface area contributed by atoms with Gasteiger partial charge in [0, 0.05) is 31.9 Å². The number of carbonyl (C=O) groups is 1. The van der Waals surface area contributed by atoms with E-state index in [2.05, 4.69) is 25.8 Å². The van der Waals surface area contributed by atoms with Gasteiger partial charge in [0.25, 0.3) is 0 Å². The van der Waals surface area contributed by atoms with E-state index in [1.54, 1.807) is 24.7 Å². The molecule has 1 aliphatic carbocycles. The van der Waals surface area contributed by atoms with Crippen LogP contribution in [0.4, 0.5) is 0 Å². The van der Waals surface area contributed by atoms with Gasteiger partial charge in [0.15, 0.2) is 11.6 Å². The third-order valence-electron chi connectivity index (χ3n) is 4.77. The molecule has 0 unspecified atom stereocenters. The van der Waals surface area contributed by atoms with E-state index in [1.807, 2.05) is 10.9 Å². The average molecular weight is 370 g/mol. The summed E-state index contributed by atoms with van der Waals surface area (Å²) in [5.74, 6) is 1.38. The van der Waals surface area contributed by atoms with E-state index in [9.17, 15) is 4.79 Å². The van der Waals surface area contributed by atoms with Gasteiger partial charge in [-0.3, -0.25) is 4.79 Å². The summed E-state index contributed by atoms with van der Waals surface area (Å²) >= 11 is 1.75. The lowest BCUT2D eigenvalue weighted by molar-refractivity contribution is -0.120. The first kappa shape index (κ1) is 17.0. The van der Waals surface area contributed by atoms with E-state index >= 15 is 0 Å². The number of likely N-dealkylation sites (N-methyl/N-ethyl adjacent to an activating group) is 1. The molecule has 1 aliphatic rings. The second kappa shape index (κ2) is 7.41. The fourth-order valence-electron chi connectivity index (χ4n) is 3.37. The van der Waals surface area contributed by atoms with Gasteiger partial charge in [-0.15, -0.1) is 11.3 Å². The molecule has 136 valence electrons. The second-order valence-corrected chi connectivity index (χ2v) is 7.41. The van der Waals surface area contributed by atoms with Crippen molar-refractivity contribution in [3.05, 3.63) is 40.5 Å². The van der Waals surface area contributed by atoms with Crippen LogP contribution in [0, 0.1) is 0 Å². The number of nitrogens with one attached hydrogen (secondary N) is 2. The first-order valence-corrected chi connectivity index (χ1v) is 9.83. The first-order chi connectivity index (χ1) is 12.7. The summed E-state index contributed by atoms with van der Waals surface area (Å²) in [5, 5.41) is 9.52. The maximum atomic E-state index is 11.8. The molecule has 3 aromatic rings. The zero-order chi connectivity index (χ0) is 17.9. The van der Waals surface area contributed by atoms with E-state index in [0.717, 1.165) is 30.8 Å². The predicted molar refractivity (Wildman–Crippen MR) is 100 cm³/mol. The summed E-state index contributed by atoms with van der Waals surface area (Å²) in [6.45, 7) is 0.699. The van der Waals surface area contributed by atoms with Crippen LogP contribution in [-0.4, -0.2) is 37.7 Å². The lowest BCUT2D eigenvalue weighted by atomic mass is 9.94. The van der Waals surface area contributed by atoms with Gasteiger partial charge >= 0.3 is 0 Å². The second-order valence-electron chi connectivity index (χ2n) is 6.53. The van der Waals surface area contributed by atoms with Crippen LogP contribution in [-0.2, 0) is 37.0 Å². The Morgan fingerprint density at radius 2 is 2.27 bits per heavy atom. The lowest BCUT2D eigenvalue weighted by Crippen LogP contribution is -2.20. The Balaban J connectivity index is 1.66. The molecule has 0 radical (unpaired) electrons. The van der Waals surface area contributed by atoms with Crippen molar-refractivity contribution in [3.8, 4) is 10.7 Å². The van der Waals surface area contributed by atoms with E-state index in [4.69, 9.17) is 4.98 Å². The van der Waals surface area contributed by atoms with E-state index in [-0.39, 0.29) is 12.3 Å². The van der Waals surface area contributed by atoms with Gasteiger partial charge in [-0.05, 0) is 42.2 Å². The van der Waals surface area contributed by atoms with Crippen molar-refractivity contribution >= 4 is 17.2 Å². The van der Waals surface area contributed by atoms with E-state index in [0.29, 0.717) is 12.4 Å². The minimum atomic E-state index is -0.0736. The summed E-state index contributed by atoms with van der Waals surface area (Å²) in [4.78, 5) is 24.9. The number of imidazole rings is 1. The molecular formula is C18H22N6OS. The summed E-state index contributed by atoms with van der Waals surface area (Å²) in [5.41, 5.74) is 3.93. The molecule has 7 nitrogen and oxygen atoms in total. The number of amides is 1. The smallest absolute Gasteiger partial charge is 0.227 e. The van der Waals surface area contributed by atoms with Crippen molar-refractivity contribution in [1.29, 1.82) is 0 Å². The molecule has 0 saturated heterocycles. The highest BCUT2D eigenvalue weighted by Crippen LogP contribution is 2.36. The molecule has 4 rings (SSSR count). The van der Waals surface area contributed by atoms with Crippen molar-refractivity contribution in [3.63, 3.8) is 0 Å². The number of fused-ring (bicyclic) bond motifs is 1. The van der Waals surface area contributed by atoms with Gasteiger partial charge < -0.3 is 10.3 Å². The molecule has 0 saturated carbocycles. The van der Waals surface area contributed by atoms with Crippen molar-refractivity contribution in [2.24, 2.45) is 0 Å². The number of aromatic amines is 1. The van der Waals surface area contributed by atoms with Crippen molar-refractivity contribution in [2.45, 2.75) is 45.1 Å². The molecule has 0 fully saturated rings. The van der Waals surface area contributed by atoms with E-state index in [1.165, 1.54) is 28.8 Å². The Hall–Kier alpha value is -2.48. The maximum absolute atomic E-state index is 11.8. The number of nitrogens with zero attached hydrogens (tertiary/aromatic N) is 4. The summed E-state index contributed by atoms with van der Waals surface area (Å²) in [6, 6.07) is 0. The van der Waals surface area contributed by atoms with Crippen LogP contribution in [0.3, 0.4) is 0 Å². The molecule has 0 spiro atoms. The quantitative estimate of drug-likeness (QED) is 0.696. The molecule has 0 aliphatic heterocycles. The summed E-state index contributed by atoms with van der Waals surface area (Å²) in [6.07, 6.45) is 9.25. The standard InChI is InChI=1S/C18H22N6OS/c1-19-16(25)8-15-22-18(17-14-5-3-2-4-12(14)10-26-17)24(23-15)7-6-13-9-20-11-21-13/h9-11H,2-8H2,1H3,(H,19,25)(H,20,21). The average Bonchev–Trinajstić information content (AvgIpc) is 3.39. The zero-order valence-electron chi connectivity index (χ0n) is 14.8. The summed E-state index contributed by atoms with van der Waals surface area (Å²) < 4.78 is 1.94. The maximum Gasteiger partial charge on any atom is 0.227 e. The number of hydrogen-bond acceptors (Lipinski definition) is 5. The van der Waals surface area contributed by atoms with Gasteiger partial charge in [-0.2, -0.15) is 5.10 Å². The topological polar surface area (TPSA) is 88.5 Å². The van der Waals surface area contributed by atoms with E-state index < -0.39 is 0 Å². The molecule has 8 heteroatoms. The van der Waals surface area contributed by atoms with Crippen LogP contribution in [0.5, 0.6) is 0 Å².